The number of aryl methyl sites for hydroxylation is 1. The first-order valence-electron chi connectivity index (χ1n) is 11.2. The van der Waals surface area contributed by atoms with E-state index in [9.17, 15) is 13.2 Å². The van der Waals surface area contributed by atoms with E-state index in [1.807, 2.05) is 38.1 Å². The molecule has 35 heavy (non-hydrogen) atoms. The predicted octanol–water partition coefficient (Wildman–Crippen LogP) is 5.36. The lowest BCUT2D eigenvalue weighted by atomic mass is 10.1. The van der Waals surface area contributed by atoms with Gasteiger partial charge in [-0.05, 0) is 79.4 Å². The van der Waals surface area contributed by atoms with Gasteiger partial charge < -0.3 is 14.6 Å². The second kappa shape index (κ2) is 9.84. The van der Waals surface area contributed by atoms with E-state index in [1.165, 1.54) is 10.2 Å². The van der Waals surface area contributed by atoms with Crippen molar-refractivity contribution in [1.82, 2.24) is 3.97 Å². The standard InChI is InChI=1S/C27H27NO6S/c1-18(2)34-23-11-14-26-25(16-23)21(8-15-27(29)30)17-28(26)35(31,32)24-12-6-20(7-13-24)19-4-9-22(33-3)10-5-19/h4-7,9-14,16-18H,8,15H2,1-3H3,(H,29,30). The molecular formula is C27H27NO6S. The number of benzene rings is 3. The molecule has 7 nitrogen and oxygen atoms in total. The first-order chi connectivity index (χ1) is 16.7. The van der Waals surface area contributed by atoms with Crippen LogP contribution in [-0.4, -0.2) is 36.7 Å². The molecule has 0 fully saturated rings. The van der Waals surface area contributed by atoms with Crippen molar-refractivity contribution in [1.29, 1.82) is 0 Å². The summed E-state index contributed by atoms with van der Waals surface area (Å²) < 4.78 is 39.4. The summed E-state index contributed by atoms with van der Waals surface area (Å²) >= 11 is 0. The van der Waals surface area contributed by atoms with E-state index >= 15 is 0 Å². The predicted molar refractivity (Wildman–Crippen MR) is 135 cm³/mol. The van der Waals surface area contributed by atoms with Gasteiger partial charge in [-0.25, -0.2) is 12.4 Å². The Balaban J connectivity index is 1.74. The molecule has 0 bridgehead atoms. The van der Waals surface area contributed by atoms with E-state index in [1.54, 1.807) is 49.6 Å². The van der Waals surface area contributed by atoms with Crippen LogP contribution >= 0.6 is 0 Å². The van der Waals surface area contributed by atoms with E-state index in [0.29, 0.717) is 22.2 Å². The summed E-state index contributed by atoms with van der Waals surface area (Å²) in [4.78, 5) is 11.3. The Bertz CT molecular complexity index is 1450. The Morgan fingerprint density at radius 2 is 1.54 bits per heavy atom. The Morgan fingerprint density at radius 1 is 0.943 bits per heavy atom. The van der Waals surface area contributed by atoms with Crippen molar-refractivity contribution in [3.8, 4) is 22.6 Å². The zero-order valence-corrected chi connectivity index (χ0v) is 20.6. The number of aromatic nitrogens is 1. The Labute approximate surface area is 204 Å². The van der Waals surface area contributed by atoms with Gasteiger partial charge in [0.2, 0.25) is 0 Å². The molecule has 1 N–H and O–H groups in total. The molecule has 3 aromatic carbocycles. The quantitative estimate of drug-likeness (QED) is 0.337. The van der Waals surface area contributed by atoms with Crippen molar-refractivity contribution in [2.45, 2.75) is 37.7 Å². The third kappa shape index (κ3) is 5.17. The molecule has 0 aliphatic carbocycles. The molecule has 0 unspecified atom stereocenters. The van der Waals surface area contributed by atoms with Crippen LogP contribution in [0.25, 0.3) is 22.0 Å². The van der Waals surface area contributed by atoms with Crippen molar-refractivity contribution in [3.05, 3.63) is 78.5 Å². The van der Waals surface area contributed by atoms with Crippen molar-refractivity contribution < 1.29 is 27.8 Å². The summed E-state index contributed by atoms with van der Waals surface area (Å²) in [7, 11) is -2.32. The summed E-state index contributed by atoms with van der Waals surface area (Å²) in [5.41, 5.74) is 2.92. The van der Waals surface area contributed by atoms with Gasteiger partial charge in [-0.15, -0.1) is 0 Å². The van der Waals surface area contributed by atoms with Gasteiger partial charge >= 0.3 is 5.97 Å². The highest BCUT2D eigenvalue weighted by atomic mass is 32.2. The molecule has 4 aromatic rings. The fraction of sp³-hybridized carbons (Fsp3) is 0.222. The number of carbonyl (C=O) groups is 1. The second-order valence-corrected chi connectivity index (χ2v) is 10.3. The van der Waals surface area contributed by atoms with Crippen molar-refractivity contribution in [2.24, 2.45) is 0 Å². The number of carboxylic acid groups (broad SMARTS) is 1. The van der Waals surface area contributed by atoms with Gasteiger partial charge in [0.25, 0.3) is 10.0 Å². The number of rotatable bonds is 9. The summed E-state index contributed by atoms with van der Waals surface area (Å²) in [6.45, 7) is 3.81. The first-order valence-corrected chi connectivity index (χ1v) is 12.7. The van der Waals surface area contributed by atoms with Crippen LogP contribution in [-0.2, 0) is 21.2 Å². The maximum absolute atomic E-state index is 13.6. The number of hydrogen-bond donors (Lipinski definition) is 1. The van der Waals surface area contributed by atoms with Gasteiger partial charge in [-0.1, -0.05) is 24.3 Å². The number of hydrogen-bond acceptors (Lipinski definition) is 5. The molecule has 0 saturated heterocycles. The van der Waals surface area contributed by atoms with Crippen molar-refractivity contribution in [3.63, 3.8) is 0 Å². The fourth-order valence-electron chi connectivity index (χ4n) is 3.95. The molecule has 0 atom stereocenters. The molecule has 0 aliphatic rings. The number of carboxylic acids is 1. The molecule has 1 aromatic heterocycles. The monoisotopic (exact) mass is 493 g/mol. The largest absolute Gasteiger partial charge is 0.497 e. The summed E-state index contributed by atoms with van der Waals surface area (Å²) in [5.74, 6) is 0.397. The first kappa shape index (κ1) is 24.3. The third-order valence-corrected chi connectivity index (χ3v) is 7.33. The Morgan fingerprint density at radius 3 is 2.11 bits per heavy atom. The topological polar surface area (TPSA) is 94.8 Å². The summed E-state index contributed by atoms with van der Waals surface area (Å²) in [5, 5.41) is 9.81. The molecule has 4 rings (SSSR count). The molecule has 182 valence electrons. The normalized spacial score (nSPS) is 11.7. The number of nitrogens with zero attached hydrogens (tertiary/aromatic N) is 1. The summed E-state index contributed by atoms with van der Waals surface area (Å²) in [6, 6.07) is 19.4. The van der Waals surface area contributed by atoms with Crippen LogP contribution in [0.1, 0.15) is 25.8 Å². The van der Waals surface area contributed by atoms with E-state index in [2.05, 4.69) is 0 Å². The van der Waals surface area contributed by atoms with Gasteiger partial charge in [0.1, 0.15) is 11.5 Å². The lowest BCUT2D eigenvalue weighted by Crippen LogP contribution is -2.12. The van der Waals surface area contributed by atoms with E-state index in [4.69, 9.17) is 14.6 Å². The smallest absolute Gasteiger partial charge is 0.303 e. The Hall–Kier alpha value is -3.78. The fourth-order valence-corrected chi connectivity index (χ4v) is 5.34. The van der Waals surface area contributed by atoms with Gasteiger partial charge in [0.15, 0.2) is 0 Å². The van der Waals surface area contributed by atoms with Crippen molar-refractivity contribution >= 4 is 26.9 Å². The maximum atomic E-state index is 13.6. The number of fused-ring (bicyclic) bond motifs is 1. The zero-order valence-electron chi connectivity index (χ0n) is 19.8. The molecule has 0 radical (unpaired) electrons. The van der Waals surface area contributed by atoms with Crippen LogP contribution in [0, 0.1) is 0 Å². The Kier molecular flexibility index (Phi) is 6.84. The molecule has 0 spiro atoms. The van der Waals surface area contributed by atoms with Crippen LogP contribution in [0.5, 0.6) is 11.5 Å². The number of methoxy groups -OCH3 is 1. The van der Waals surface area contributed by atoms with Gasteiger partial charge in [-0.3, -0.25) is 4.79 Å². The van der Waals surface area contributed by atoms with Crippen LogP contribution in [0.2, 0.25) is 0 Å². The molecular weight excluding hydrogens is 466 g/mol. The van der Waals surface area contributed by atoms with Crippen LogP contribution in [0.15, 0.2) is 77.8 Å². The maximum Gasteiger partial charge on any atom is 0.303 e. The highest BCUT2D eigenvalue weighted by Gasteiger charge is 2.22. The van der Waals surface area contributed by atoms with Gasteiger partial charge in [0.05, 0.1) is 23.6 Å². The highest BCUT2D eigenvalue weighted by molar-refractivity contribution is 7.90. The lowest BCUT2D eigenvalue weighted by Gasteiger charge is -2.11. The highest BCUT2D eigenvalue weighted by Crippen LogP contribution is 2.31. The lowest BCUT2D eigenvalue weighted by molar-refractivity contribution is -0.136. The van der Waals surface area contributed by atoms with Crippen molar-refractivity contribution in [2.75, 3.05) is 7.11 Å². The molecule has 8 heteroatoms. The SMILES string of the molecule is COc1ccc(-c2ccc(S(=O)(=O)n3cc(CCC(=O)O)c4cc(OC(C)C)ccc43)cc2)cc1. The third-order valence-electron chi connectivity index (χ3n) is 5.64. The van der Waals surface area contributed by atoms with E-state index < -0.39 is 16.0 Å². The van der Waals surface area contributed by atoms with E-state index in [-0.39, 0.29) is 23.8 Å². The van der Waals surface area contributed by atoms with Gasteiger partial charge in [0, 0.05) is 18.0 Å². The second-order valence-electron chi connectivity index (χ2n) is 8.45. The molecule has 0 saturated carbocycles. The summed E-state index contributed by atoms with van der Waals surface area (Å²) in [6.07, 6.45) is 1.56. The minimum atomic E-state index is -3.92. The van der Waals surface area contributed by atoms with Crippen LogP contribution in [0.3, 0.4) is 0 Å². The zero-order chi connectivity index (χ0) is 25.2. The molecule has 0 aliphatic heterocycles. The number of ether oxygens (including phenoxy) is 2. The minimum absolute atomic E-state index is 0.0510. The average molecular weight is 494 g/mol. The van der Waals surface area contributed by atoms with Crippen LogP contribution in [0.4, 0.5) is 0 Å². The van der Waals surface area contributed by atoms with E-state index in [0.717, 1.165) is 16.9 Å². The van der Waals surface area contributed by atoms with Gasteiger partial charge in [-0.2, -0.15) is 0 Å². The molecule has 0 amide bonds. The number of aliphatic carboxylic acids is 1. The van der Waals surface area contributed by atoms with Crippen LogP contribution < -0.4 is 9.47 Å². The molecule has 1 heterocycles. The minimum Gasteiger partial charge on any atom is -0.497 e. The average Bonchev–Trinajstić information content (AvgIpc) is 3.21.